The summed E-state index contributed by atoms with van der Waals surface area (Å²) in [5, 5.41) is 8.05. The van der Waals surface area contributed by atoms with Crippen molar-refractivity contribution < 1.29 is 13.6 Å². The summed E-state index contributed by atoms with van der Waals surface area (Å²) in [7, 11) is 0. The van der Waals surface area contributed by atoms with Gasteiger partial charge in [-0.2, -0.15) is 0 Å². The van der Waals surface area contributed by atoms with Gasteiger partial charge in [-0.1, -0.05) is 23.4 Å². The number of carbonyl (C=O) groups is 1. The minimum atomic E-state index is -0.274. The van der Waals surface area contributed by atoms with Crippen LogP contribution in [0.5, 0.6) is 0 Å². The summed E-state index contributed by atoms with van der Waals surface area (Å²) in [6.45, 7) is 0.687. The summed E-state index contributed by atoms with van der Waals surface area (Å²) in [6, 6.07) is 10.2. The minimum absolute atomic E-state index is 0.0371. The van der Waals surface area contributed by atoms with Crippen LogP contribution in [0, 0.1) is 5.82 Å². The lowest BCUT2D eigenvalue weighted by Gasteiger charge is -2.20. The van der Waals surface area contributed by atoms with Gasteiger partial charge in [-0.25, -0.2) is 9.07 Å². The molecule has 0 saturated carbocycles. The number of hydrogen-bond donors (Lipinski definition) is 0. The molecule has 0 radical (unpaired) electrons. The van der Waals surface area contributed by atoms with Crippen molar-refractivity contribution >= 4 is 17.7 Å². The first-order valence-corrected chi connectivity index (χ1v) is 8.82. The van der Waals surface area contributed by atoms with Gasteiger partial charge in [0.05, 0.1) is 31.3 Å². The van der Waals surface area contributed by atoms with E-state index in [1.165, 1.54) is 17.8 Å². The number of rotatable bonds is 5. The molecule has 2 aromatic heterocycles. The molecule has 3 aromatic rings. The summed E-state index contributed by atoms with van der Waals surface area (Å²) in [4.78, 5) is 13.9. The summed E-state index contributed by atoms with van der Waals surface area (Å²) in [5.74, 6) is 0.880. The topological polar surface area (TPSA) is 64.2 Å². The number of hydrogen-bond acceptors (Lipinski definition) is 5. The molecular weight excluding hydrogens is 343 g/mol. The Morgan fingerprint density at radius 3 is 2.92 bits per heavy atom. The summed E-state index contributed by atoms with van der Waals surface area (Å²) < 4.78 is 20.7. The van der Waals surface area contributed by atoms with Gasteiger partial charge in [0.1, 0.15) is 22.6 Å². The molecule has 1 amide bonds. The molecule has 1 atom stereocenters. The molecule has 1 saturated heterocycles. The molecule has 128 valence electrons. The lowest BCUT2D eigenvalue weighted by molar-refractivity contribution is -0.128. The molecule has 0 N–H and O–H groups in total. The molecule has 0 bridgehead atoms. The van der Waals surface area contributed by atoms with Gasteiger partial charge in [0.2, 0.25) is 5.91 Å². The first kappa shape index (κ1) is 15.9. The first-order valence-electron chi connectivity index (χ1n) is 7.77. The second kappa shape index (κ2) is 6.72. The molecule has 4 rings (SSSR count). The van der Waals surface area contributed by atoms with Gasteiger partial charge in [-0.3, -0.25) is 4.79 Å². The van der Waals surface area contributed by atoms with E-state index in [-0.39, 0.29) is 17.1 Å². The van der Waals surface area contributed by atoms with Crippen LogP contribution in [0.3, 0.4) is 0 Å². The van der Waals surface area contributed by atoms with Crippen molar-refractivity contribution in [1.29, 1.82) is 0 Å². The summed E-state index contributed by atoms with van der Waals surface area (Å²) >= 11 is 1.50. The van der Waals surface area contributed by atoms with Gasteiger partial charge < -0.3 is 9.32 Å². The van der Waals surface area contributed by atoms with E-state index in [4.69, 9.17) is 4.42 Å². The Hall–Kier alpha value is -2.61. The van der Waals surface area contributed by atoms with Crippen LogP contribution in [0.15, 0.2) is 53.3 Å². The number of halogens is 1. The van der Waals surface area contributed by atoms with Crippen molar-refractivity contribution in [3.63, 3.8) is 0 Å². The summed E-state index contributed by atoms with van der Waals surface area (Å²) in [5.41, 5.74) is 1.22. The van der Waals surface area contributed by atoms with E-state index in [0.29, 0.717) is 30.1 Å². The van der Waals surface area contributed by atoms with Gasteiger partial charge in [-0.05, 0) is 18.2 Å². The third kappa shape index (κ3) is 3.30. The second-order valence-electron chi connectivity index (χ2n) is 5.70. The van der Waals surface area contributed by atoms with Gasteiger partial charge in [0.25, 0.3) is 0 Å². The molecule has 1 aliphatic rings. The highest BCUT2D eigenvalue weighted by Gasteiger charge is 2.35. The van der Waals surface area contributed by atoms with Gasteiger partial charge >= 0.3 is 0 Å². The van der Waals surface area contributed by atoms with Crippen LogP contribution >= 0.6 is 11.8 Å². The molecule has 1 fully saturated rings. The molecule has 1 aliphatic heterocycles. The zero-order chi connectivity index (χ0) is 17.2. The van der Waals surface area contributed by atoms with Crippen molar-refractivity contribution in [3.05, 3.63) is 71.7 Å². The Labute approximate surface area is 147 Å². The number of furan rings is 1. The predicted octanol–water partition coefficient (Wildman–Crippen LogP) is 2.83. The number of aromatic nitrogens is 3. The van der Waals surface area contributed by atoms with Crippen LogP contribution in [0.25, 0.3) is 0 Å². The number of amides is 1. The largest absolute Gasteiger partial charge is 0.467 e. The van der Waals surface area contributed by atoms with E-state index in [2.05, 4.69) is 10.3 Å². The maximum Gasteiger partial charge on any atom is 0.234 e. The van der Waals surface area contributed by atoms with Crippen LogP contribution in [0.1, 0.15) is 22.4 Å². The lowest BCUT2D eigenvalue weighted by atomic mass is 10.2. The SMILES string of the molecule is O=C1CS[C@@H](c2cn(Cc3ccccc3F)nn2)N1Cc1ccco1. The summed E-state index contributed by atoms with van der Waals surface area (Å²) in [6.07, 6.45) is 3.35. The average molecular weight is 358 g/mol. The van der Waals surface area contributed by atoms with Crippen LogP contribution in [0.4, 0.5) is 4.39 Å². The first-order chi connectivity index (χ1) is 12.2. The standard InChI is InChI=1S/C17H15FN4O2S/c18-14-6-2-1-4-12(14)8-21-10-15(19-20-21)17-22(16(23)11-25-17)9-13-5-3-7-24-13/h1-7,10,17H,8-9,11H2/t17-/m0/s1. The van der Waals surface area contributed by atoms with Crippen LogP contribution in [-0.2, 0) is 17.9 Å². The van der Waals surface area contributed by atoms with Crippen molar-refractivity contribution in [2.45, 2.75) is 18.5 Å². The highest BCUT2D eigenvalue weighted by atomic mass is 32.2. The smallest absolute Gasteiger partial charge is 0.234 e. The number of benzene rings is 1. The van der Waals surface area contributed by atoms with Crippen molar-refractivity contribution in [2.24, 2.45) is 0 Å². The molecule has 1 aromatic carbocycles. The van der Waals surface area contributed by atoms with Gasteiger partial charge in [0, 0.05) is 5.56 Å². The van der Waals surface area contributed by atoms with Crippen molar-refractivity contribution in [2.75, 3.05) is 5.75 Å². The normalized spacial score (nSPS) is 17.4. The monoisotopic (exact) mass is 358 g/mol. The van der Waals surface area contributed by atoms with E-state index in [9.17, 15) is 9.18 Å². The zero-order valence-corrected chi connectivity index (χ0v) is 14.0. The van der Waals surface area contributed by atoms with Gasteiger partial charge in [0.15, 0.2) is 0 Å². The maximum atomic E-state index is 13.8. The Balaban J connectivity index is 1.52. The third-order valence-corrected chi connectivity index (χ3v) is 5.20. The van der Waals surface area contributed by atoms with Crippen molar-refractivity contribution in [3.8, 4) is 0 Å². The fraction of sp³-hybridized carbons (Fsp3) is 0.235. The number of thioether (sulfide) groups is 1. The Morgan fingerprint density at radius 2 is 2.12 bits per heavy atom. The quantitative estimate of drug-likeness (QED) is 0.702. The number of nitrogens with zero attached hydrogens (tertiary/aromatic N) is 4. The lowest BCUT2D eigenvalue weighted by Crippen LogP contribution is -2.27. The molecule has 0 unspecified atom stereocenters. The average Bonchev–Trinajstić information content (AvgIpc) is 3.34. The Bertz CT molecular complexity index is 880. The second-order valence-corrected chi connectivity index (χ2v) is 6.77. The van der Waals surface area contributed by atoms with Crippen LogP contribution in [-0.4, -0.2) is 31.6 Å². The van der Waals surface area contributed by atoms with E-state index in [1.54, 1.807) is 46.3 Å². The van der Waals surface area contributed by atoms with Gasteiger partial charge in [-0.15, -0.1) is 16.9 Å². The third-order valence-electron chi connectivity index (χ3n) is 3.97. The molecule has 3 heterocycles. The van der Waals surface area contributed by atoms with E-state index in [1.807, 2.05) is 6.07 Å². The fourth-order valence-corrected chi connectivity index (χ4v) is 3.86. The molecule has 0 aliphatic carbocycles. The molecule has 6 nitrogen and oxygen atoms in total. The maximum absolute atomic E-state index is 13.8. The highest BCUT2D eigenvalue weighted by molar-refractivity contribution is 8.00. The number of carbonyl (C=O) groups excluding carboxylic acids is 1. The Kier molecular flexibility index (Phi) is 4.27. The molecule has 8 heteroatoms. The highest BCUT2D eigenvalue weighted by Crippen LogP contribution is 2.38. The molecule has 0 spiro atoms. The Morgan fingerprint density at radius 1 is 1.24 bits per heavy atom. The molecular formula is C17H15FN4O2S. The van der Waals surface area contributed by atoms with E-state index >= 15 is 0 Å². The van der Waals surface area contributed by atoms with E-state index < -0.39 is 0 Å². The van der Waals surface area contributed by atoms with Crippen molar-refractivity contribution in [1.82, 2.24) is 19.9 Å². The minimum Gasteiger partial charge on any atom is -0.467 e. The molecule has 25 heavy (non-hydrogen) atoms. The van der Waals surface area contributed by atoms with E-state index in [0.717, 1.165) is 5.76 Å². The fourth-order valence-electron chi connectivity index (χ4n) is 2.75. The zero-order valence-electron chi connectivity index (χ0n) is 13.2. The van der Waals surface area contributed by atoms with Crippen LogP contribution < -0.4 is 0 Å². The predicted molar refractivity (Wildman–Crippen MR) is 90.0 cm³/mol. The van der Waals surface area contributed by atoms with Crippen LogP contribution in [0.2, 0.25) is 0 Å².